The van der Waals surface area contributed by atoms with Gasteiger partial charge in [-0.05, 0) is 18.2 Å². The van der Waals surface area contributed by atoms with Crippen molar-refractivity contribution in [2.24, 2.45) is 0 Å². The molecule has 0 unspecified atom stereocenters. The molecule has 1 aromatic carbocycles. The van der Waals surface area contributed by atoms with Gasteiger partial charge in [0.25, 0.3) is 0 Å². The van der Waals surface area contributed by atoms with Crippen LogP contribution in [0.15, 0.2) is 30.0 Å². The minimum Gasteiger partial charge on any atom is -0.357 e. The van der Waals surface area contributed by atoms with Crippen LogP contribution in [-0.4, -0.2) is 5.91 Å². The van der Waals surface area contributed by atoms with E-state index in [0.29, 0.717) is 12.1 Å². The average molecular weight is 258 g/mol. The van der Waals surface area contributed by atoms with Crippen molar-refractivity contribution >= 4 is 17.3 Å². The largest absolute Gasteiger partial charge is 0.357 e. The molecular weight excluding hydrogens is 247 g/mol. The van der Waals surface area contributed by atoms with Crippen LogP contribution in [0.1, 0.15) is 13.3 Å². The highest BCUT2D eigenvalue weighted by atomic mass is 19.1. The van der Waals surface area contributed by atoms with E-state index < -0.39 is 5.82 Å². The zero-order valence-electron chi connectivity index (χ0n) is 10.2. The number of rotatable bonds is 4. The Hall–Kier alpha value is -2.86. The fourth-order valence-corrected chi connectivity index (χ4v) is 1.20. The van der Waals surface area contributed by atoms with E-state index >= 15 is 0 Å². The van der Waals surface area contributed by atoms with Crippen LogP contribution >= 0.6 is 0 Å². The van der Waals surface area contributed by atoms with E-state index in [4.69, 9.17) is 10.5 Å². The monoisotopic (exact) mass is 258 g/mol. The number of nitrogens with zero attached hydrogens (tertiary/aromatic N) is 2. The highest BCUT2D eigenvalue weighted by molar-refractivity contribution is 5.91. The molecule has 0 aliphatic heterocycles. The molecule has 0 bridgehead atoms. The third-order valence-electron chi connectivity index (χ3n) is 2.18. The molecule has 1 rings (SSSR count). The summed E-state index contributed by atoms with van der Waals surface area (Å²) >= 11 is 0. The van der Waals surface area contributed by atoms with E-state index in [1.54, 1.807) is 19.1 Å². The van der Waals surface area contributed by atoms with Gasteiger partial charge >= 0.3 is 0 Å². The number of nitrogens with one attached hydrogen (secondary N) is 2. The molecule has 0 spiro atoms. The first-order chi connectivity index (χ1) is 9.10. The first kappa shape index (κ1) is 14.2. The van der Waals surface area contributed by atoms with E-state index in [-0.39, 0.29) is 17.2 Å². The Morgan fingerprint density at radius 1 is 1.42 bits per heavy atom. The number of hydrogen-bond donors (Lipinski definition) is 2. The zero-order chi connectivity index (χ0) is 14.3. The number of hydrogen-bond acceptors (Lipinski definition) is 4. The van der Waals surface area contributed by atoms with Gasteiger partial charge in [-0.2, -0.15) is 10.5 Å². The summed E-state index contributed by atoms with van der Waals surface area (Å²) < 4.78 is 13.5. The van der Waals surface area contributed by atoms with Gasteiger partial charge in [-0.25, -0.2) is 4.39 Å². The Kier molecular flexibility index (Phi) is 5.06. The number of benzene rings is 1. The number of amides is 1. The fourth-order valence-electron chi connectivity index (χ4n) is 1.20. The summed E-state index contributed by atoms with van der Waals surface area (Å²) in [6.45, 7) is 1.70. The minimum absolute atomic E-state index is 0.0666. The lowest BCUT2D eigenvalue weighted by Crippen LogP contribution is -2.09. The van der Waals surface area contributed by atoms with Gasteiger partial charge in [0.2, 0.25) is 5.91 Å². The molecule has 0 radical (unpaired) electrons. The summed E-state index contributed by atoms with van der Waals surface area (Å²) in [4.78, 5) is 11.2. The van der Waals surface area contributed by atoms with Gasteiger partial charge in [-0.3, -0.25) is 4.79 Å². The summed E-state index contributed by atoms with van der Waals surface area (Å²) in [5.74, 6) is -0.746. The number of carbonyl (C=O) groups is 1. The van der Waals surface area contributed by atoms with E-state index in [9.17, 15) is 9.18 Å². The van der Waals surface area contributed by atoms with Crippen molar-refractivity contribution in [3.63, 3.8) is 0 Å². The van der Waals surface area contributed by atoms with E-state index in [1.807, 2.05) is 0 Å². The van der Waals surface area contributed by atoms with Gasteiger partial charge in [0.1, 0.15) is 23.5 Å². The first-order valence-electron chi connectivity index (χ1n) is 5.47. The van der Waals surface area contributed by atoms with E-state index in [0.717, 1.165) is 6.20 Å². The highest BCUT2D eigenvalue weighted by Gasteiger charge is 2.05. The second kappa shape index (κ2) is 6.77. The van der Waals surface area contributed by atoms with Crippen LogP contribution in [0.3, 0.4) is 0 Å². The fraction of sp³-hybridized carbons (Fsp3) is 0.154. The van der Waals surface area contributed by atoms with Crippen LogP contribution in [0.5, 0.6) is 0 Å². The normalized spacial score (nSPS) is 8.84. The number of halogens is 1. The van der Waals surface area contributed by atoms with Crippen LogP contribution in [-0.2, 0) is 4.79 Å². The average Bonchev–Trinajstić information content (AvgIpc) is 2.43. The second-order valence-corrected chi connectivity index (χ2v) is 3.52. The maximum Gasteiger partial charge on any atom is 0.224 e. The molecule has 0 fully saturated rings. The summed E-state index contributed by atoms with van der Waals surface area (Å²) in [5, 5.41) is 22.2. The predicted molar refractivity (Wildman–Crippen MR) is 68.3 cm³/mol. The van der Waals surface area contributed by atoms with E-state index in [1.165, 1.54) is 18.2 Å². The number of carbonyl (C=O) groups excluding carboxylic acids is 1. The Balaban J connectivity index is 2.93. The molecule has 2 N–H and O–H groups in total. The van der Waals surface area contributed by atoms with Crippen LogP contribution in [0, 0.1) is 28.5 Å². The molecule has 96 valence electrons. The van der Waals surface area contributed by atoms with Gasteiger partial charge in [0.05, 0.1) is 5.69 Å². The lowest BCUT2D eigenvalue weighted by Gasteiger charge is -2.07. The van der Waals surface area contributed by atoms with Crippen molar-refractivity contribution in [3.8, 4) is 12.1 Å². The SMILES string of the molecule is CCC(=O)Nc1ccc(F)c(NC=C(C#N)C#N)c1. The molecule has 0 aliphatic carbocycles. The lowest BCUT2D eigenvalue weighted by molar-refractivity contribution is -0.115. The van der Waals surface area contributed by atoms with Gasteiger partial charge in [0, 0.05) is 18.3 Å². The highest BCUT2D eigenvalue weighted by Crippen LogP contribution is 2.20. The molecule has 6 heteroatoms. The summed E-state index contributed by atoms with van der Waals surface area (Å²) in [6, 6.07) is 7.27. The summed E-state index contributed by atoms with van der Waals surface area (Å²) in [6.07, 6.45) is 1.41. The third-order valence-corrected chi connectivity index (χ3v) is 2.18. The topological polar surface area (TPSA) is 88.7 Å². The molecule has 0 saturated heterocycles. The van der Waals surface area contributed by atoms with Crippen molar-refractivity contribution in [1.29, 1.82) is 10.5 Å². The van der Waals surface area contributed by atoms with Crippen molar-refractivity contribution in [2.45, 2.75) is 13.3 Å². The molecule has 0 heterocycles. The lowest BCUT2D eigenvalue weighted by atomic mass is 10.2. The van der Waals surface area contributed by atoms with Crippen LogP contribution in [0.2, 0.25) is 0 Å². The van der Waals surface area contributed by atoms with Gasteiger partial charge in [-0.15, -0.1) is 0 Å². The standard InChI is InChI=1S/C13H11FN4O/c1-2-13(19)18-10-3-4-11(14)12(5-10)17-8-9(6-15)7-16/h3-5,8,17H,2H2,1H3,(H,18,19). The van der Waals surface area contributed by atoms with E-state index in [2.05, 4.69) is 10.6 Å². The molecule has 1 aromatic rings. The van der Waals surface area contributed by atoms with Crippen molar-refractivity contribution in [2.75, 3.05) is 10.6 Å². The number of allylic oxidation sites excluding steroid dienone is 1. The Bertz CT molecular complexity index is 580. The molecule has 19 heavy (non-hydrogen) atoms. The second-order valence-electron chi connectivity index (χ2n) is 3.52. The molecule has 0 saturated carbocycles. The third kappa shape index (κ3) is 4.14. The zero-order valence-corrected chi connectivity index (χ0v) is 10.2. The molecule has 0 aliphatic rings. The van der Waals surface area contributed by atoms with Crippen LogP contribution < -0.4 is 10.6 Å². The van der Waals surface area contributed by atoms with Gasteiger partial charge < -0.3 is 10.6 Å². The Morgan fingerprint density at radius 2 is 2.11 bits per heavy atom. The van der Waals surface area contributed by atoms with Crippen molar-refractivity contribution in [3.05, 3.63) is 35.8 Å². The number of nitriles is 2. The molecule has 5 nitrogen and oxygen atoms in total. The molecule has 0 aromatic heterocycles. The van der Waals surface area contributed by atoms with Crippen LogP contribution in [0.25, 0.3) is 0 Å². The minimum atomic E-state index is -0.555. The smallest absolute Gasteiger partial charge is 0.224 e. The molecular formula is C13H11FN4O. The maximum absolute atomic E-state index is 13.5. The summed E-state index contributed by atoms with van der Waals surface area (Å²) in [5.41, 5.74) is 0.318. The predicted octanol–water partition coefficient (Wildman–Crippen LogP) is 2.52. The van der Waals surface area contributed by atoms with Gasteiger partial charge in [0.15, 0.2) is 0 Å². The maximum atomic E-state index is 13.5. The summed E-state index contributed by atoms with van der Waals surface area (Å²) in [7, 11) is 0. The van der Waals surface area contributed by atoms with Gasteiger partial charge in [-0.1, -0.05) is 6.92 Å². The van der Waals surface area contributed by atoms with Crippen molar-refractivity contribution < 1.29 is 9.18 Å². The number of anilines is 2. The van der Waals surface area contributed by atoms with Crippen LogP contribution in [0.4, 0.5) is 15.8 Å². The Morgan fingerprint density at radius 3 is 2.68 bits per heavy atom. The van der Waals surface area contributed by atoms with Crippen molar-refractivity contribution in [1.82, 2.24) is 0 Å². The molecule has 0 atom stereocenters. The molecule has 1 amide bonds. The quantitative estimate of drug-likeness (QED) is 0.812. The first-order valence-corrected chi connectivity index (χ1v) is 5.47. The Labute approximate surface area is 110 Å².